The topological polar surface area (TPSA) is 99.7 Å². The fourth-order valence-corrected chi connectivity index (χ4v) is 0.316. The first kappa shape index (κ1) is 9.79. The molecule has 0 aromatic carbocycles. The number of hydroxylamine groups is 1. The van der Waals surface area contributed by atoms with Gasteiger partial charge in [-0.15, -0.1) is 0 Å². The van der Waals surface area contributed by atoms with Crippen molar-refractivity contribution in [2.45, 2.75) is 6.92 Å². The Kier molecular flexibility index (Phi) is 4.08. The number of nitrogens with zero attached hydrogens (tertiary/aromatic N) is 1. The minimum Gasteiger partial charge on any atom is -0.375 e. The lowest BCUT2D eigenvalue weighted by atomic mass is 10.4. The van der Waals surface area contributed by atoms with Crippen molar-refractivity contribution in [2.24, 2.45) is 10.8 Å². The summed E-state index contributed by atoms with van der Waals surface area (Å²) in [4.78, 5) is 10.5. The molecule has 0 aromatic rings. The van der Waals surface area contributed by atoms with Crippen LogP contribution in [0.4, 0.5) is 0 Å². The second-order valence-corrected chi connectivity index (χ2v) is 2.05. The van der Waals surface area contributed by atoms with E-state index in [9.17, 15) is 4.79 Å². The fourth-order valence-electron chi connectivity index (χ4n) is 0.271. The highest BCUT2D eigenvalue weighted by Crippen LogP contribution is 1.73. The van der Waals surface area contributed by atoms with Crippen LogP contribution in [0.3, 0.4) is 0 Å². The lowest BCUT2D eigenvalue weighted by Crippen LogP contribution is -2.31. The number of amides is 1. The van der Waals surface area contributed by atoms with E-state index in [0.717, 1.165) is 0 Å². The van der Waals surface area contributed by atoms with E-state index in [2.05, 4.69) is 22.7 Å². The van der Waals surface area contributed by atoms with Gasteiger partial charge in [0.25, 0.3) is 5.91 Å². The molecule has 5 N–H and O–H groups in total. The van der Waals surface area contributed by atoms with E-state index >= 15 is 0 Å². The number of hydrazone groups is 1. The number of hydrogen-bond acceptors (Lipinski definition) is 4. The van der Waals surface area contributed by atoms with Gasteiger partial charge in [-0.1, -0.05) is 0 Å². The lowest BCUT2D eigenvalue weighted by Gasteiger charge is -1.97. The van der Waals surface area contributed by atoms with Gasteiger partial charge in [-0.3, -0.25) is 15.4 Å². The number of nitrogens with two attached hydrogens (primary N) is 1. The third-order valence-electron chi connectivity index (χ3n) is 0.764. The zero-order valence-electron chi connectivity index (χ0n) is 5.79. The first-order valence-corrected chi connectivity index (χ1v) is 3.03. The van der Waals surface area contributed by atoms with E-state index in [4.69, 9.17) is 10.9 Å². The second kappa shape index (κ2) is 4.58. The standard InChI is InChI=1S/C4H8N4O2S/c1-2(3(9)8-10)6-7-4(5)11/h10H,1H3,(H,8,9)(H3,5,7,11)/b6-2+. The third kappa shape index (κ3) is 4.23. The minimum atomic E-state index is -0.714. The first-order valence-electron chi connectivity index (χ1n) is 2.62. The van der Waals surface area contributed by atoms with Crippen molar-refractivity contribution in [1.82, 2.24) is 10.9 Å². The number of hydrogen-bond donors (Lipinski definition) is 4. The molecule has 62 valence electrons. The van der Waals surface area contributed by atoms with Gasteiger partial charge in [-0.2, -0.15) is 5.10 Å². The number of nitrogens with one attached hydrogen (secondary N) is 2. The SMILES string of the molecule is C/C(=N\NC(N)=S)C(=O)NO. The van der Waals surface area contributed by atoms with Crippen LogP contribution in [0.25, 0.3) is 0 Å². The van der Waals surface area contributed by atoms with Crippen LogP contribution in [-0.4, -0.2) is 21.9 Å². The van der Waals surface area contributed by atoms with Crippen molar-refractivity contribution in [1.29, 1.82) is 0 Å². The molecule has 0 atom stereocenters. The van der Waals surface area contributed by atoms with E-state index in [1.807, 2.05) is 0 Å². The van der Waals surface area contributed by atoms with Crippen molar-refractivity contribution < 1.29 is 10.0 Å². The Morgan fingerprint density at radius 1 is 1.73 bits per heavy atom. The van der Waals surface area contributed by atoms with Gasteiger partial charge in [0.1, 0.15) is 5.71 Å². The summed E-state index contributed by atoms with van der Waals surface area (Å²) in [6.07, 6.45) is 0. The largest absolute Gasteiger partial charge is 0.375 e. The quantitative estimate of drug-likeness (QED) is 0.181. The van der Waals surface area contributed by atoms with Gasteiger partial charge in [-0.25, -0.2) is 5.48 Å². The van der Waals surface area contributed by atoms with Crippen molar-refractivity contribution in [3.63, 3.8) is 0 Å². The molecule has 0 radical (unpaired) electrons. The Labute approximate surface area is 68.4 Å². The van der Waals surface area contributed by atoms with E-state index in [0.29, 0.717) is 0 Å². The average Bonchev–Trinajstić information content (AvgIpc) is 1.98. The molecule has 0 heterocycles. The van der Waals surface area contributed by atoms with Crippen LogP contribution in [0.1, 0.15) is 6.92 Å². The molecular formula is C4H8N4O2S. The molecule has 6 nitrogen and oxygen atoms in total. The molecule has 0 aliphatic heterocycles. The molecule has 0 aliphatic carbocycles. The summed E-state index contributed by atoms with van der Waals surface area (Å²) < 4.78 is 0. The highest BCUT2D eigenvalue weighted by atomic mass is 32.1. The summed E-state index contributed by atoms with van der Waals surface area (Å²) in [5, 5.41) is 11.5. The highest BCUT2D eigenvalue weighted by molar-refractivity contribution is 7.80. The van der Waals surface area contributed by atoms with Gasteiger partial charge in [0.15, 0.2) is 5.11 Å². The minimum absolute atomic E-state index is 0.0281. The van der Waals surface area contributed by atoms with E-state index in [-0.39, 0.29) is 10.8 Å². The summed E-state index contributed by atoms with van der Waals surface area (Å²) in [5.74, 6) is -0.714. The predicted octanol–water partition coefficient (Wildman–Crippen LogP) is -1.30. The maximum Gasteiger partial charge on any atom is 0.290 e. The second-order valence-electron chi connectivity index (χ2n) is 1.61. The Bertz CT molecular complexity index is 202. The highest BCUT2D eigenvalue weighted by Gasteiger charge is 2.02. The molecule has 0 fully saturated rings. The molecule has 0 saturated carbocycles. The Hall–Kier alpha value is -1.21. The van der Waals surface area contributed by atoms with Crippen LogP contribution in [0.2, 0.25) is 0 Å². The maximum absolute atomic E-state index is 10.5. The molecule has 0 rings (SSSR count). The number of carbonyl (C=O) groups is 1. The van der Waals surface area contributed by atoms with Crippen LogP contribution < -0.4 is 16.6 Å². The van der Waals surface area contributed by atoms with Gasteiger partial charge >= 0.3 is 0 Å². The van der Waals surface area contributed by atoms with Crippen LogP contribution in [-0.2, 0) is 4.79 Å². The van der Waals surface area contributed by atoms with Gasteiger partial charge in [0, 0.05) is 0 Å². The van der Waals surface area contributed by atoms with Crippen LogP contribution in [0.15, 0.2) is 5.10 Å². The smallest absolute Gasteiger partial charge is 0.290 e. The lowest BCUT2D eigenvalue weighted by molar-refractivity contribution is -0.122. The zero-order valence-corrected chi connectivity index (χ0v) is 6.60. The molecule has 0 aliphatic rings. The molecule has 0 spiro atoms. The van der Waals surface area contributed by atoms with E-state index in [1.165, 1.54) is 12.4 Å². The molecule has 7 heteroatoms. The predicted molar refractivity (Wildman–Crippen MR) is 43.0 cm³/mol. The normalized spacial score (nSPS) is 10.5. The first-order chi connectivity index (χ1) is 5.07. The zero-order chi connectivity index (χ0) is 8.85. The van der Waals surface area contributed by atoms with Crippen LogP contribution in [0.5, 0.6) is 0 Å². The van der Waals surface area contributed by atoms with Crippen molar-refractivity contribution in [3.8, 4) is 0 Å². The van der Waals surface area contributed by atoms with Crippen molar-refractivity contribution >= 4 is 28.9 Å². The summed E-state index contributed by atoms with van der Waals surface area (Å²) in [7, 11) is 0. The van der Waals surface area contributed by atoms with E-state index in [1.54, 1.807) is 0 Å². The van der Waals surface area contributed by atoms with Crippen LogP contribution in [0, 0.1) is 0 Å². The van der Waals surface area contributed by atoms with Crippen molar-refractivity contribution in [3.05, 3.63) is 0 Å². The molecule has 0 aromatic heterocycles. The van der Waals surface area contributed by atoms with Gasteiger partial charge in [0.2, 0.25) is 0 Å². The van der Waals surface area contributed by atoms with Gasteiger partial charge < -0.3 is 5.73 Å². The number of rotatable bonds is 2. The Balaban J connectivity index is 4.00. The maximum atomic E-state index is 10.5. The fraction of sp³-hybridized carbons (Fsp3) is 0.250. The Morgan fingerprint density at radius 2 is 2.27 bits per heavy atom. The van der Waals surface area contributed by atoms with E-state index < -0.39 is 5.91 Å². The Morgan fingerprint density at radius 3 is 2.64 bits per heavy atom. The molecule has 1 amide bonds. The molecule has 0 bridgehead atoms. The number of thiocarbonyl (C=S) groups is 1. The summed E-state index contributed by atoms with van der Waals surface area (Å²) >= 11 is 4.40. The molecular weight excluding hydrogens is 168 g/mol. The summed E-state index contributed by atoms with van der Waals surface area (Å²) in [6.45, 7) is 1.39. The van der Waals surface area contributed by atoms with Crippen molar-refractivity contribution in [2.75, 3.05) is 0 Å². The molecule has 0 unspecified atom stereocenters. The van der Waals surface area contributed by atoms with Gasteiger partial charge in [-0.05, 0) is 19.1 Å². The summed E-state index contributed by atoms with van der Waals surface area (Å²) in [6, 6.07) is 0. The molecule has 11 heavy (non-hydrogen) atoms. The molecule has 0 saturated heterocycles. The number of carbonyl (C=O) groups excluding carboxylic acids is 1. The van der Waals surface area contributed by atoms with Gasteiger partial charge in [0.05, 0.1) is 0 Å². The summed E-state index contributed by atoms with van der Waals surface area (Å²) in [5.41, 5.74) is 8.61. The average molecular weight is 176 g/mol. The van der Waals surface area contributed by atoms with Crippen LogP contribution >= 0.6 is 12.2 Å². The monoisotopic (exact) mass is 176 g/mol. The third-order valence-corrected chi connectivity index (χ3v) is 0.855.